The van der Waals surface area contributed by atoms with Crippen LogP contribution in [0.5, 0.6) is 0 Å². The van der Waals surface area contributed by atoms with Crippen LogP contribution in [0.15, 0.2) is 29.2 Å². The summed E-state index contributed by atoms with van der Waals surface area (Å²) in [6.07, 6.45) is -4.57. The van der Waals surface area contributed by atoms with Crippen molar-refractivity contribution in [2.24, 2.45) is 0 Å². The van der Waals surface area contributed by atoms with E-state index in [1.807, 2.05) is 0 Å². The van der Waals surface area contributed by atoms with E-state index in [0.29, 0.717) is 16.4 Å². The monoisotopic (exact) mass is 303 g/mol. The fraction of sp³-hybridized carbons (Fsp3) is 0.273. The van der Waals surface area contributed by atoms with Crippen LogP contribution in [0.3, 0.4) is 0 Å². The standard InChI is InChI=1S/C11H8F3N3O2S/c12-11(13,14)9-1-3-10(4-2-9)20(18,19)17(7-5-15)8-6-16/h1-4H,7-8H2. The Balaban J connectivity index is 3.16. The molecule has 0 bridgehead atoms. The van der Waals surface area contributed by atoms with Crippen LogP contribution in [0.2, 0.25) is 0 Å². The number of benzene rings is 1. The van der Waals surface area contributed by atoms with Gasteiger partial charge < -0.3 is 0 Å². The largest absolute Gasteiger partial charge is 0.416 e. The van der Waals surface area contributed by atoms with E-state index in [-0.39, 0.29) is 0 Å². The van der Waals surface area contributed by atoms with Crippen molar-refractivity contribution in [3.05, 3.63) is 29.8 Å². The molecule has 0 saturated heterocycles. The van der Waals surface area contributed by atoms with E-state index in [1.165, 1.54) is 0 Å². The molecule has 0 aliphatic heterocycles. The lowest BCUT2D eigenvalue weighted by Crippen LogP contribution is -2.31. The number of hydrogen-bond acceptors (Lipinski definition) is 4. The van der Waals surface area contributed by atoms with Crippen molar-refractivity contribution in [2.75, 3.05) is 13.1 Å². The fourth-order valence-corrected chi connectivity index (χ4v) is 2.58. The summed E-state index contributed by atoms with van der Waals surface area (Å²) in [7, 11) is -4.17. The highest BCUT2D eigenvalue weighted by atomic mass is 32.2. The molecule has 0 spiro atoms. The fourth-order valence-electron chi connectivity index (χ4n) is 1.35. The molecular weight excluding hydrogens is 295 g/mol. The summed E-state index contributed by atoms with van der Waals surface area (Å²) in [5.41, 5.74) is -0.983. The van der Waals surface area contributed by atoms with Gasteiger partial charge in [0.15, 0.2) is 0 Å². The summed E-state index contributed by atoms with van der Waals surface area (Å²) in [6.45, 7) is -1.12. The average molecular weight is 303 g/mol. The molecule has 9 heteroatoms. The normalized spacial score (nSPS) is 11.9. The Morgan fingerprint density at radius 3 is 1.85 bits per heavy atom. The topological polar surface area (TPSA) is 85.0 Å². The number of alkyl halides is 3. The summed E-state index contributed by atoms with van der Waals surface area (Å²) in [4.78, 5) is -0.406. The van der Waals surface area contributed by atoms with Gasteiger partial charge in [-0.05, 0) is 24.3 Å². The molecule has 0 atom stereocenters. The minimum Gasteiger partial charge on any atom is -0.207 e. The van der Waals surface area contributed by atoms with E-state index in [0.717, 1.165) is 12.1 Å². The van der Waals surface area contributed by atoms with Gasteiger partial charge in [0.25, 0.3) is 0 Å². The van der Waals surface area contributed by atoms with E-state index >= 15 is 0 Å². The number of rotatable bonds is 4. The minimum atomic E-state index is -4.57. The molecule has 5 nitrogen and oxygen atoms in total. The van der Waals surface area contributed by atoms with Gasteiger partial charge in [-0.15, -0.1) is 0 Å². The van der Waals surface area contributed by atoms with Gasteiger partial charge in [-0.1, -0.05) is 0 Å². The predicted molar refractivity (Wildman–Crippen MR) is 61.4 cm³/mol. The highest BCUT2D eigenvalue weighted by Gasteiger charge is 2.31. The SMILES string of the molecule is N#CCN(CC#N)S(=O)(=O)c1ccc(C(F)(F)F)cc1. The Labute approximate surface area is 113 Å². The Bertz CT molecular complexity index is 638. The Morgan fingerprint density at radius 2 is 1.50 bits per heavy atom. The molecule has 106 valence electrons. The zero-order valence-electron chi connectivity index (χ0n) is 9.92. The van der Waals surface area contributed by atoms with Crippen LogP contribution in [-0.2, 0) is 16.2 Å². The van der Waals surface area contributed by atoms with E-state index in [1.54, 1.807) is 12.1 Å². The van der Waals surface area contributed by atoms with Crippen LogP contribution in [0, 0.1) is 22.7 Å². The lowest BCUT2D eigenvalue weighted by molar-refractivity contribution is -0.137. The van der Waals surface area contributed by atoms with E-state index in [9.17, 15) is 21.6 Å². The van der Waals surface area contributed by atoms with Gasteiger partial charge in [-0.2, -0.15) is 28.0 Å². The molecule has 0 amide bonds. The summed E-state index contributed by atoms with van der Waals surface area (Å²) in [5.74, 6) is 0. The molecule has 1 aromatic rings. The maximum atomic E-state index is 12.4. The lowest BCUT2D eigenvalue weighted by atomic mass is 10.2. The van der Waals surface area contributed by atoms with Crippen LogP contribution < -0.4 is 0 Å². The first-order valence-electron chi connectivity index (χ1n) is 5.15. The number of nitriles is 2. The number of sulfonamides is 1. The van der Waals surface area contributed by atoms with Crippen LogP contribution in [0.1, 0.15) is 5.56 Å². The molecule has 1 rings (SSSR count). The molecule has 0 unspecified atom stereocenters. The molecule has 0 radical (unpaired) electrons. The van der Waals surface area contributed by atoms with Crippen molar-refractivity contribution >= 4 is 10.0 Å². The minimum absolute atomic E-state index is 0.406. The quantitative estimate of drug-likeness (QED) is 0.793. The van der Waals surface area contributed by atoms with Crippen LogP contribution in [0.4, 0.5) is 13.2 Å². The molecule has 0 aromatic heterocycles. The van der Waals surface area contributed by atoms with Gasteiger partial charge in [0.2, 0.25) is 10.0 Å². The van der Waals surface area contributed by atoms with Crippen molar-refractivity contribution in [2.45, 2.75) is 11.1 Å². The third kappa shape index (κ3) is 3.47. The van der Waals surface area contributed by atoms with Crippen molar-refractivity contribution in [1.82, 2.24) is 4.31 Å². The third-order valence-electron chi connectivity index (χ3n) is 2.31. The molecule has 0 saturated carbocycles. The van der Waals surface area contributed by atoms with Gasteiger partial charge in [0.1, 0.15) is 13.1 Å². The number of hydrogen-bond donors (Lipinski definition) is 0. The van der Waals surface area contributed by atoms with Crippen LogP contribution in [-0.4, -0.2) is 25.8 Å². The Hall–Kier alpha value is -2.10. The first kappa shape index (κ1) is 16.0. The summed E-state index contributed by atoms with van der Waals surface area (Å²) >= 11 is 0. The van der Waals surface area contributed by atoms with Gasteiger partial charge in [-0.3, -0.25) is 0 Å². The summed E-state index contributed by atoms with van der Waals surface area (Å²) in [6, 6.07) is 6.00. The first-order chi connectivity index (χ1) is 9.23. The first-order valence-corrected chi connectivity index (χ1v) is 6.59. The summed E-state index contributed by atoms with van der Waals surface area (Å²) in [5, 5.41) is 17.0. The van der Waals surface area contributed by atoms with E-state index in [2.05, 4.69) is 0 Å². The van der Waals surface area contributed by atoms with Crippen molar-refractivity contribution in [1.29, 1.82) is 10.5 Å². The molecular formula is C11H8F3N3O2S. The van der Waals surface area contributed by atoms with Gasteiger partial charge >= 0.3 is 6.18 Å². The number of nitrogens with zero attached hydrogens (tertiary/aromatic N) is 3. The molecule has 0 aliphatic carbocycles. The molecule has 0 aliphatic rings. The molecule has 1 aromatic carbocycles. The second kappa shape index (κ2) is 5.90. The van der Waals surface area contributed by atoms with E-state index in [4.69, 9.17) is 10.5 Å². The highest BCUT2D eigenvalue weighted by molar-refractivity contribution is 7.89. The lowest BCUT2D eigenvalue weighted by Gasteiger charge is -2.16. The third-order valence-corrected chi connectivity index (χ3v) is 4.12. The van der Waals surface area contributed by atoms with Gasteiger partial charge in [-0.25, -0.2) is 8.42 Å². The second-order valence-electron chi connectivity index (χ2n) is 3.61. The van der Waals surface area contributed by atoms with Gasteiger partial charge in [0.05, 0.1) is 22.6 Å². The molecule has 20 heavy (non-hydrogen) atoms. The Kier molecular flexibility index (Phi) is 4.71. The zero-order valence-corrected chi connectivity index (χ0v) is 10.7. The molecule has 0 fully saturated rings. The number of halogens is 3. The summed E-state index contributed by atoms with van der Waals surface area (Å²) < 4.78 is 61.7. The van der Waals surface area contributed by atoms with Gasteiger partial charge in [0, 0.05) is 0 Å². The van der Waals surface area contributed by atoms with Crippen molar-refractivity contribution in [3.8, 4) is 12.1 Å². The highest BCUT2D eigenvalue weighted by Crippen LogP contribution is 2.30. The molecule has 0 heterocycles. The predicted octanol–water partition coefficient (Wildman–Crippen LogP) is 1.74. The maximum absolute atomic E-state index is 12.4. The van der Waals surface area contributed by atoms with Crippen molar-refractivity contribution < 1.29 is 21.6 Å². The molecule has 0 N–H and O–H groups in total. The van der Waals surface area contributed by atoms with Crippen molar-refractivity contribution in [3.63, 3.8) is 0 Å². The zero-order chi connectivity index (χ0) is 15.4. The Morgan fingerprint density at radius 1 is 1.05 bits per heavy atom. The average Bonchev–Trinajstić information content (AvgIpc) is 2.37. The van der Waals surface area contributed by atoms with Crippen LogP contribution in [0.25, 0.3) is 0 Å². The smallest absolute Gasteiger partial charge is 0.207 e. The van der Waals surface area contributed by atoms with Crippen LogP contribution >= 0.6 is 0 Å². The second-order valence-corrected chi connectivity index (χ2v) is 5.55. The maximum Gasteiger partial charge on any atom is 0.416 e. The van der Waals surface area contributed by atoms with E-state index < -0.39 is 39.7 Å².